The molecule has 2 fully saturated rings. The molecular weight excluding hydrogens is 428 g/mol. The van der Waals surface area contributed by atoms with Crippen LogP contribution in [0.2, 0.25) is 0 Å². The molecule has 2 aliphatic carbocycles. The lowest BCUT2D eigenvalue weighted by Crippen LogP contribution is -2.39. The van der Waals surface area contributed by atoms with Crippen LogP contribution in [0.15, 0.2) is 47.4 Å². The highest BCUT2D eigenvalue weighted by Gasteiger charge is 2.37. The van der Waals surface area contributed by atoms with Crippen molar-refractivity contribution in [1.29, 1.82) is 0 Å². The van der Waals surface area contributed by atoms with Crippen LogP contribution in [0.4, 0.5) is 0 Å². The van der Waals surface area contributed by atoms with Crippen LogP contribution in [0.25, 0.3) is 0 Å². The molecule has 3 aliphatic rings. The summed E-state index contributed by atoms with van der Waals surface area (Å²) >= 11 is 0. The maximum absolute atomic E-state index is 13.0. The van der Waals surface area contributed by atoms with Gasteiger partial charge in [0, 0.05) is 23.6 Å². The first-order valence-electron chi connectivity index (χ1n) is 11.3. The van der Waals surface area contributed by atoms with Crippen LogP contribution in [-0.2, 0) is 15.4 Å². The first-order valence-corrected chi connectivity index (χ1v) is 12.7. The summed E-state index contributed by atoms with van der Waals surface area (Å²) in [6, 6.07) is 12.3. The van der Waals surface area contributed by atoms with Gasteiger partial charge in [0.1, 0.15) is 13.2 Å². The summed E-state index contributed by atoms with van der Waals surface area (Å²) in [4.78, 5) is 13.1. The van der Waals surface area contributed by atoms with Crippen molar-refractivity contribution >= 4 is 15.9 Å². The number of nitrogens with one attached hydrogen (secondary N) is 2. The highest BCUT2D eigenvalue weighted by Crippen LogP contribution is 2.43. The summed E-state index contributed by atoms with van der Waals surface area (Å²) in [5.41, 5.74) is 1.33. The molecule has 8 heteroatoms. The Morgan fingerprint density at radius 2 is 1.75 bits per heavy atom. The fourth-order valence-electron chi connectivity index (χ4n) is 4.64. The second-order valence-electron chi connectivity index (χ2n) is 8.95. The minimum Gasteiger partial charge on any atom is -0.486 e. The lowest BCUT2D eigenvalue weighted by Gasteiger charge is -2.31. The predicted molar refractivity (Wildman–Crippen MR) is 120 cm³/mol. The first kappa shape index (κ1) is 21.3. The fourth-order valence-corrected chi connectivity index (χ4v) is 5.99. The molecule has 0 radical (unpaired) electrons. The molecule has 0 aromatic heterocycles. The van der Waals surface area contributed by atoms with E-state index in [4.69, 9.17) is 9.47 Å². The summed E-state index contributed by atoms with van der Waals surface area (Å²) in [6.07, 6.45) is 5.89. The number of ether oxygens (including phenoxy) is 2. The summed E-state index contributed by atoms with van der Waals surface area (Å²) in [5.74, 6) is 1.25. The van der Waals surface area contributed by atoms with Gasteiger partial charge >= 0.3 is 0 Å². The van der Waals surface area contributed by atoms with Crippen LogP contribution in [0.5, 0.6) is 11.5 Å². The molecule has 5 rings (SSSR count). The van der Waals surface area contributed by atoms with Gasteiger partial charge in [-0.3, -0.25) is 4.79 Å². The third kappa shape index (κ3) is 4.34. The molecule has 0 saturated heterocycles. The topological polar surface area (TPSA) is 93.7 Å². The Bertz CT molecular complexity index is 1120. The van der Waals surface area contributed by atoms with Crippen molar-refractivity contribution in [3.8, 4) is 11.5 Å². The molecule has 1 amide bonds. The number of hydrogen-bond acceptors (Lipinski definition) is 5. The van der Waals surface area contributed by atoms with Crippen LogP contribution in [0.3, 0.4) is 0 Å². The number of rotatable bonds is 7. The van der Waals surface area contributed by atoms with Gasteiger partial charge in [-0.05, 0) is 61.6 Å². The van der Waals surface area contributed by atoms with Gasteiger partial charge in [0.25, 0.3) is 5.91 Å². The second-order valence-corrected chi connectivity index (χ2v) is 10.7. The van der Waals surface area contributed by atoms with Gasteiger partial charge in [0.2, 0.25) is 10.0 Å². The van der Waals surface area contributed by atoms with E-state index < -0.39 is 10.0 Å². The monoisotopic (exact) mass is 456 g/mol. The smallest absolute Gasteiger partial charge is 0.251 e. The van der Waals surface area contributed by atoms with Crippen molar-refractivity contribution in [3.63, 3.8) is 0 Å². The predicted octanol–water partition coefficient (Wildman–Crippen LogP) is 3.14. The Balaban J connectivity index is 1.32. The molecule has 0 bridgehead atoms. The third-order valence-electron chi connectivity index (χ3n) is 6.61. The highest BCUT2D eigenvalue weighted by molar-refractivity contribution is 7.89. The van der Waals surface area contributed by atoms with Gasteiger partial charge in [-0.15, -0.1) is 0 Å². The molecule has 0 atom stereocenters. The average molecular weight is 457 g/mol. The quantitative estimate of drug-likeness (QED) is 0.668. The summed E-state index contributed by atoms with van der Waals surface area (Å²) in [5, 5.41) is 3.07. The third-order valence-corrected chi connectivity index (χ3v) is 8.13. The Hall–Kier alpha value is -2.58. The van der Waals surface area contributed by atoms with E-state index >= 15 is 0 Å². The Labute approximate surface area is 188 Å². The van der Waals surface area contributed by atoms with Gasteiger partial charge in [0.05, 0.1) is 4.90 Å². The molecule has 32 heavy (non-hydrogen) atoms. The van der Waals surface area contributed by atoms with Gasteiger partial charge < -0.3 is 14.8 Å². The Morgan fingerprint density at radius 3 is 2.50 bits per heavy atom. The largest absolute Gasteiger partial charge is 0.486 e. The minimum atomic E-state index is -3.60. The zero-order valence-electron chi connectivity index (χ0n) is 17.9. The van der Waals surface area contributed by atoms with Crippen molar-refractivity contribution in [2.24, 2.45) is 0 Å². The molecule has 0 unspecified atom stereocenters. The SMILES string of the molecule is O=C(NCC1(c2ccc3c(c2)OCCO3)CCCC1)c1cccc(S(=O)(=O)NC2CC2)c1. The minimum absolute atomic E-state index is 0.0192. The molecule has 0 spiro atoms. The number of fused-ring (bicyclic) bond motifs is 1. The van der Waals surface area contributed by atoms with Crippen LogP contribution in [0.1, 0.15) is 54.4 Å². The van der Waals surface area contributed by atoms with Gasteiger partial charge in [-0.25, -0.2) is 13.1 Å². The van der Waals surface area contributed by atoms with E-state index in [1.165, 1.54) is 12.1 Å². The Kier molecular flexibility index (Phi) is 5.59. The van der Waals surface area contributed by atoms with Crippen molar-refractivity contribution < 1.29 is 22.7 Å². The van der Waals surface area contributed by atoms with Gasteiger partial charge in [-0.1, -0.05) is 25.0 Å². The number of benzene rings is 2. The lowest BCUT2D eigenvalue weighted by molar-refractivity contribution is 0.0943. The molecule has 170 valence electrons. The van der Waals surface area contributed by atoms with E-state index in [0.717, 1.165) is 55.6 Å². The maximum Gasteiger partial charge on any atom is 0.251 e. The van der Waals surface area contributed by atoms with Crippen LogP contribution < -0.4 is 19.5 Å². The zero-order chi connectivity index (χ0) is 22.2. The van der Waals surface area contributed by atoms with Crippen molar-refractivity contribution in [2.75, 3.05) is 19.8 Å². The van der Waals surface area contributed by atoms with E-state index in [1.54, 1.807) is 12.1 Å². The zero-order valence-corrected chi connectivity index (χ0v) is 18.7. The molecule has 2 aromatic carbocycles. The second kappa shape index (κ2) is 8.41. The van der Waals surface area contributed by atoms with E-state index in [1.807, 2.05) is 12.1 Å². The number of carbonyl (C=O) groups is 1. The van der Waals surface area contributed by atoms with Gasteiger partial charge in [-0.2, -0.15) is 0 Å². The molecule has 2 aromatic rings. The van der Waals surface area contributed by atoms with E-state index in [2.05, 4.69) is 16.1 Å². The van der Waals surface area contributed by atoms with E-state index in [0.29, 0.717) is 25.3 Å². The van der Waals surface area contributed by atoms with Crippen LogP contribution in [0, 0.1) is 0 Å². The van der Waals surface area contributed by atoms with Crippen LogP contribution >= 0.6 is 0 Å². The number of amides is 1. The van der Waals surface area contributed by atoms with E-state index in [-0.39, 0.29) is 22.3 Å². The number of sulfonamides is 1. The van der Waals surface area contributed by atoms with E-state index in [9.17, 15) is 13.2 Å². The standard InChI is InChI=1S/C24H28N2O5S/c27-23(17-4-3-5-20(14-17)32(28,29)26-19-7-8-19)25-16-24(10-1-2-11-24)18-6-9-21-22(15-18)31-13-12-30-21/h3-6,9,14-15,19,26H,1-2,7-8,10-13,16H2,(H,25,27). The molecular formula is C24H28N2O5S. The van der Waals surface area contributed by atoms with Crippen molar-refractivity contribution in [3.05, 3.63) is 53.6 Å². The van der Waals surface area contributed by atoms with Crippen LogP contribution in [-0.4, -0.2) is 40.1 Å². The van der Waals surface area contributed by atoms with Gasteiger partial charge in [0.15, 0.2) is 11.5 Å². The molecule has 2 saturated carbocycles. The summed E-state index contributed by atoms with van der Waals surface area (Å²) in [7, 11) is -3.60. The molecule has 1 heterocycles. The average Bonchev–Trinajstić information content (AvgIpc) is 3.48. The Morgan fingerprint density at radius 1 is 1.00 bits per heavy atom. The molecule has 2 N–H and O–H groups in total. The number of carbonyl (C=O) groups excluding carboxylic acids is 1. The summed E-state index contributed by atoms with van der Waals surface area (Å²) in [6.45, 7) is 1.58. The normalized spacial score (nSPS) is 19.5. The van der Waals surface area contributed by atoms with Crippen molar-refractivity contribution in [1.82, 2.24) is 10.0 Å². The highest BCUT2D eigenvalue weighted by atomic mass is 32.2. The fraction of sp³-hybridized carbons (Fsp3) is 0.458. The molecule has 1 aliphatic heterocycles. The first-order chi connectivity index (χ1) is 15.5. The number of hydrogen-bond donors (Lipinski definition) is 2. The van der Waals surface area contributed by atoms with Crippen molar-refractivity contribution in [2.45, 2.75) is 54.9 Å². The molecule has 7 nitrogen and oxygen atoms in total. The lowest BCUT2D eigenvalue weighted by atomic mass is 9.78. The summed E-state index contributed by atoms with van der Waals surface area (Å²) < 4.78 is 39.1. The maximum atomic E-state index is 13.0.